The smallest absolute Gasteiger partial charge is 0.251 e. The first-order valence-corrected chi connectivity index (χ1v) is 8.95. The molecule has 126 valence electrons. The highest BCUT2D eigenvalue weighted by Gasteiger charge is 2.13. The molecule has 1 aliphatic rings. The third-order valence-electron chi connectivity index (χ3n) is 4.02. The van der Waals surface area contributed by atoms with Gasteiger partial charge in [-0.15, -0.1) is 0 Å². The maximum Gasteiger partial charge on any atom is 0.251 e. The first-order valence-electron chi connectivity index (χ1n) is 8.16. The van der Waals surface area contributed by atoms with Crippen LogP contribution in [0.3, 0.4) is 0 Å². The van der Waals surface area contributed by atoms with Crippen LogP contribution >= 0.6 is 15.9 Å². The molecule has 0 aromatic heterocycles. The van der Waals surface area contributed by atoms with Gasteiger partial charge in [-0.05, 0) is 62.5 Å². The van der Waals surface area contributed by atoms with E-state index in [1.54, 1.807) is 12.1 Å². The Morgan fingerprint density at radius 1 is 1.17 bits per heavy atom. The maximum absolute atomic E-state index is 11.9. The predicted octanol–water partition coefficient (Wildman–Crippen LogP) is 2.07. The summed E-state index contributed by atoms with van der Waals surface area (Å²) in [5.41, 5.74) is 0.596. The lowest BCUT2D eigenvalue weighted by Crippen LogP contribution is -2.34. The quantitative estimate of drug-likeness (QED) is 0.676. The van der Waals surface area contributed by atoms with E-state index in [1.807, 2.05) is 12.1 Å². The summed E-state index contributed by atoms with van der Waals surface area (Å²) in [7, 11) is 0. The van der Waals surface area contributed by atoms with E-state index in [0.29, 0.717) is 31.0 Å². The number of benzene rings is 1. The van der Waals surface area contributed by atoms with Crippen LogP contribution in [0.5, 0.6) is 0 Å². The fraction of sp³-hybridized carbons (Fsp3) is 0.529. The molecule has 6 heteroatoms. The number of amides is 2. The molecule has 1 aliphatic heterocycles. The molecule has 2 rings (SSSR count). The van der Waals surface area contributed by atoms with Crippen LogP contribution in [0.1, 0.15) is 36.0 Å². The normalized spacial score (nSPS) is 17.5. The minimum atomic E-state index is -0.154. The van der Waals surface area contributed by atoms with Crippen molar-refractivity contribution < 1.29 is 9.59 Å². The van der Waals surface area contributed by atoms with Gasteiger partial charge in [-0.25, -0.2) is 0 Å². The van der Waals surface area contributed by atoms with Crippen molar-refractivity contribution in [3.63, 3.8) is 0 Å². The number of hydrogen-bond acceptors (Lipinski definition) is 3. The van der Waals surface area contributed by atoms with Gasteiger partial charge in [0.2, 0.25) is 5.91 Å². The maximum atomic E-state index is 11.9. The van der Waals surface area contributed by atoms with Gasteiger partial charge in [0.15, 0.2) is 0 Å². The highest BCUT2D eigenvalue weighted by atomic mass is 79.9. The number of halogens is 1. The molecule has 1 heterocycles. The van der Waals surface area contributed by atoms with Crippen LogP contribution in [0.4, 0.5) is 0 Å². The van der Waals surface area contributed by atoms with Crippen LogP contribution in [-0.2, 0) is 4.79 Å². The summed E-state index contributed by atoms with van der Waals surface area (Å²) < 4.78 is 0.932. The van der Waals surface area contributed by atoms with Crippen molar-refractivity contribution >= 4 is 27.7 Å². The minimum absolute atomic E-state index is 0.00938. The van der Waals surface area contributed by atoms with Gasteiger partial charge in [0.05, 0.1) is 0 Å². The second kappa shape index (κ2) is 9.67. The van der Waals surface area contributed by atoms with E-state index in [0.717, 1.165) is 24.0 Å². The molecule has 23 heavy (non-hydrogen) atoms. The van der Waals surface area contributed by atoms with Crippen LogP contribution in [0.15, 0.2) is 28.7 Å². The van der Waals surface area contributed by atoms with E-state index in [-0.39, 0.29) is 11.8 Å². The van der Waals surface area contributed by atoms with Crippen LogP contribution in [0.25, 0.3) is 0 Å². The third kappa shape index (κ3) is 6.71. The van der Waals surface area contributed by atoms with Gasteiger partial charge < -0.3 is 16.0 Å². The SMILES string of the molecule is O=C(CCNC(=O)c1ccc(Br)cc1)NCCC1CCCNC1. The number of rotatable bonds is 7. The number of piperidine rings is 1. The van der Waals surface area contributed by atoms with Crippen molar-refractivity contribution in [3.8, 4) is 0 Å². The predicted molar refractivity (Wildman–Crippen MR) is 94.3 cm³/mol. The van der Waals surface area contributed by atoms with Gasteiger partial charge in [0.1, 0.15) is 0 Å². The summed E-state index contributed by atoms with van der Waals surface area (Å²) in [5, 5.41) is 9.07. The van der Waals surface area contributed by atoms with Crippen LogP contribution in [0.2, 0.25) is 0 Å². The Labute approximate surface area is 145 Å². The van der Waals surface area contributed by atoms with E-state index < -0.39 is 0 Å². The summed E-state index contributed by atoms with van der Waals surface area (Å²) in [6.45, 7) is 3.23. The van der Waals surface area contributed by atoms with Gasteiger partial charge in [-0.2, -0.15) is 0 Å². The zero-order chi connectivity index (χ0) is 16.5. The molecule has 1 aromatic rings. The number of hydrogen-bond donors (Lipinski definition) is 3. The second-order valence-corrected chi connectivity index (χ2v) is 6.78. The fourth-order valence-electron chi connectivity index (χ4n) is 2.67. The Bertz CT molecular complexity index is 513. The van der Waals surface area contributed by atoms with E-state index in [4.69, 9.17) is 0 Å². The highest BCUT2D eigenvalue weighted by molar-refractivity contribution is 9.10. The monoisotopic (exact) mass is 381 g/mol. The largest absolute Gasteiger partial charge is 0.356 e. The van der Waals surface area contributed by atoms with E-state index in [1.165, 1.54) is 12.8 Å². The average Bonchev–Trinajstić information content (AvgIpc) is 2.56. The summed E-state index contributed by atoms with van der Waals surface area (Å²) in [6, 6.07) is 7.14. The summed E-state index contributed by atoms with van der Waals surface area (Å²) in [4.78, 5) is 23.7. The van der Waals surface area contributed by atoms with Gasteiger partial charge in [-0.1, -0.05) is 15.9 Å². The van der Waals surface area contributed by atoms with Gasteiger partial charge >= 0.3 is 0 Å². The highest BCUT2D eigenvalue weighted by Crippen LogP contribution is 2.13. The Morgan fingerprint density at radius 2 is 1.96 bits per heavy atom. The molecule has 2 amide bonds. The number of nitrogens with one attached hydrogen (secondary N) is 3. The van der Waals surface area contributed by atoms with E-state index in [2.05, 4.69) is 31.9 Å². The Hall–Kier alpha value is -1.40. The van der Waals surface area contributed by atoms with Crippen LogP contribution < -0.4 is 16.0 Å². The van der Waals surface area contributed by atoms with Crippen LogP contribution in [0, 0.1) is 5.92 Å². The van der Waals surface area contributed by atoms with Crippen molar-refractivity contribution in [1.29, 1.82) is 0 Å². The number of carbonyl (C=O) groups is 2. The molecule has 1 atom stereocenters. The fourth-order valence-corrected chi connectivity index (χ4v) is 2.93. The summed E-state index contributed by atoms with van der Waals surface area (Å²) in [6.07, 6.45) is 3.79. The van der Waals surface area contributed by atoms with E-state index in [9.17, 15) is 9.59 Å². The Balaban J connectivity index is 1.57. The van der Waals surface area contributed by atoms with Crippen molar-refractivity contribution in [2.24, 2.45) is 5.92 Å². The van der Waals surface area contributed by atoms with Crippen LogP contribution in [-0.4, -0.2) is 38.0 Å². The molecule has 0 radical (unpaired) electrons. The zero-order valence-electron chi connectivity index (χ0n) is 13.2. The molecular weight excluding hydrogens is 358 g/mol. The lowest BCUT2D eigenvalue weighted by Gasteiger charge is -2.22. The first kappa shape index (κ1) is 17.9. The summed E-state index contributed by atoms with van der Waals surface area (Å²) in [5.74, 6) is 0.504. The molecule has 0 bridgehead atoms. The molecule has 1 aromatic carbocycles. The van der Waals surface area contributed by atoms with Crippen molar-refractivity contribution in [3.05, 3.63) is 34.3 Å². The lowest BCUT2D eigenvalue weighted by atomic mass is 9.96. The third-order valence-corrected chi connectivity index (χ3v) is 4.55. The van der Waals surface area contributed by atoms with Crippen molar-refractivity contribution in [2.75, 3.05) is 26.2 Å². The molecule has 1 fully saturated rings. The van der Waals surface area contributed by atoms with Gasteiger partial charge in [0.25, 0.3) is 5.91 Å². The molecule has 1 unspecified atom stereocenters. The van der Waals surface area contributed by atoms with E-state index >= 15 is 0 Å². The zero-order valence-corrected chi connectivity index (χ0v) is 14.8. The summed E-state index contributed by atoms with van der Waals surface area (Å²) >= 11 is 3.33. The van der Waals surface area contributed by atoms with Crippen molar-refractivity contribution in [1.82, 2.24) is 16.0 Å². The lowest BCUT2D eigenvalue weighted by molar-refractivity contribution is -0.121. The standard InChI is InChI=1S/C17H24BrN3O2/c18-15-5-3-14(4-6-15)17(23)21-11-8-16(22)20-10-7-13-2-1-9-19-12-13/h3-6,13,19H,1-2,7-12H2,(H,20,22)(H,21,23). The van der Waals surface area contributed by atoms with Gasteiger partial charge in [-0.3, -0.25) is 9.59 Å². The van der Waals surface area contributed by atoms with Gasteiger partial charge in [0, 0.05) is 29.5 Å². The Kier molecular flexibility index (Phi) is 7.55. The average molecular weight is 382 g/mol. The number of carbonyl (C=O) groups excluding carboxylic acids is 2. The minimum Gasteiger partial charge on any atom is -0.356 e. The molecule has 3 N–H and O–H groups in total. The molecule has 1 saturated heterocycles. The van der Waals surface area contributed by atoms with Crippen molar-refractivity contribution in [2.45, 2.75) is 25.7 Å². The first-order chi connectivity index (χ1) is 11.1. The Morgan fingerprint density at radius 3 is 2.65 bits per heavy atom. The molecular formula is C17H24BrN3O2. The molecule has 0 aliphatic carbocycles. The topological polar surface area (TPSA) is 70.2 Å². The molecule has 0 spiro atoms. The second-order valence-electron chi connectivity index (χ2n) is 5.86. The molecule has 5 nitrogen and oxygen atoms in total. The molecule has 0 saturated carbocycles.